The summed E-state index contributed by atoms with van der Waals surface area (Å²) in [4.78, 5) is 5.18. The second-order valence-electron chi connectivity index (χ2n) is 3.33. The fourth-order valence-corrected chi connectivity index (χ4v) is 1.27. The van der Waals surface area contributed by atoms with Crippen LogP contribution >= 0.6 is 0 Å². The molecule has 79 valence electrons. The lowest BCUT2D eigenvalue weighted by molar-refractivity contribution is 0.132. The van der Waals surface area contributed by atoms with Crippen molar-refractivity contribution in [1.29, 1.82) is 0 Å². The van der Waals surface area contributed by atoms with Gasteiger partial charge in [0.1, 0.15) is 6.61 Å². The third-order valence-electron chi connectivity index (χ3n) is 2.09. The molecule has 0 bridgehead atoms. The Morgan fingerprint density at radius 3 is 2.56 bits per heavy atom. The van der Waals surface area contributed by atoms with E-state index in [4.69, 9.17) is 4.84 Å². The molecular weight excluding hydrogens is 198 g/mol. The van der Waals surface area contributed by atoms with Crippen LogP contribution in [0.25, 0.3) is 0 Å². The number of oxime groups is 1. The van der Waals surface area contributed by atoms with Crippen molar-refractivity contribution in [3.8, 4) is 0 Å². The molecule has 0 aliphatic rings. The summed E-state index contributed by atoms with van der Waals surface area (Å²) in [5.74, 6) is 0. The Bertz CT molecular complexity index is 437. The highest BCUT2D eigenvalue weighted by atomic mass is 16.6. The molecule has 1 radical (unpaired) electrons. The molecule has 2 heteroatoms. The lowest BCUT2D eigenvalue weighted by Crippen LogP contribution is -1.87. The number of hydrogen-bond acceptors (Lipinski definition) is 2. The third-order valence-corrected chi connectivity index (χ3v) is 2.09. The molecule has 2 aromatic carbocycles. The second kappa shape index (κ2) is 5.71. The van der Waals surface area contributed by atoms with Crippen LogP contribution in [-0.2, 0) is 11.4 Å². The van der Waals surface area contributed by atoms with Gasteiger partial charge in [0.2, 0.25) is 0 Å². The van der Waals surface area contributed by atoms with Gasteiger partial charge in [-0.25, -0.2) is 0 Å². The Hall–Kier alpha value is -2.09. The lowest BCUT2D eigenvalue weighted by atomic mass is 10.2. The maximum Gasteiger partial charge on any atom is 0.142 e. The summed E-state index contributed by atoms with van der Waals surface area (Å²) in [6, 6.07) is 20.4. The molecule has 0 spiro atoms. The Morgan fingerprint density at radius 1 is 1.06 bits per heavy atom. The predicted octanol–water partition coefficient (Wildman–Crippen LogP) is 3.04. The van der Waals surface area contributed by atoms with Crippen LogP contribution in [-0.4, -0.2) is 6.21 Å². The molecule has 0 heterocycles. The van der Waals surface area contributed by atoms with Crippen molar-refractivity contribution >= 4 is 6.21 Å². The number of nitrogens with zero attached hydrogens (tertiary/aromatic N) is 1. The number of hydrogen-bond donors (Lipinski definition) is 0. The highest BCUT2D eigenvalue weighted by Crippen LogP contribution is 2.00. The van der Waals surface area contributed by atoms with Gasteiger partial charge in [-0.15, -0.1) is 0 Å². The van der Waals surface area contributed by atoms with E-state index in [0.29, 0.717) is 6.61 Å². The molecule has 0 saturated heterocycles. The van der Waals surface area contributed by atoms with Crippen LogP contribution in [0, 0.1) is 6.07 Å². The van der Waals surface area contributed by atoms with Crippen LogP contribution in [0.15, 0.2) is 59.8 Å². The average molecular weight is 210 g/mol. The molecule has 0 saturated carbocycles. The maximum absolute atomic E-state index is 5.18. The van der Waals surface area contributed by atoms with Gasteiger partial charge in [-0.1, -0.05) is 59.8 Å². The molecule has 0 N–H and O–H groups in total. The van der Waals surface area contributed by atoms with Crippen LogP contribution in [0.4, 0.5) is 0 Å². The fourth-order valence-electron chi connectivity index (χ4n) is 1.27. The third kappa shape index (κ3) is 3.24. The van der Waals surface area contributed by atoms with Crippen LogP contribution in [0.1, 0.15) is 11.1 Å². The van der Waals surface area contributed by atoms with Crippen molar-refractivity contribution in [1.82, 2.24) is 0 Å². The largest absolute Gasteiger partial charge is 0.391 e. The second-order valence-corrected chi connectivity index (χ2v) is 3.33. The maximum atomic E-state index is 5.18. The summed E-state index contributed by atoms with van der Waals surface area (Å²) in [5.41, 5.74) is 2.12. The van der Waals surface area contributed by atoms with E-state index < -0.39 is 0 Å². The Labute approximate surface area is 95.2 Å². The van der Waals surface area contributed by atoms with Crippen molar-refractivity contribution < 1.29 is 4.84 Å². The van der Waals surface area contributed by atoms with Gasteiger partial charge >= 0.3 is 0 Å². The molecule has 2 rings (SSSR count). The summed E-state index contributed by atoms with van der Waals surface area (Å²) in [6.45, 7) is 0.496. The Morgan fingerprint density at radius 2 is 1.81 bits per heavy atom. The molecule has 0 unspecified atom stereocenters. The molecule has 0 aromatic heterocycles. The SMILES string of the molecule is [c]1ccc(/C=N/OCc2ccccc2)cc1. The molecule has 16 heavy (non-hydrogen) atoms. The zero-order chi connectivity index (χ0) is 11.1. The Balaban J connectivity index is 1.83. The molecule has 0 fully saturated rings. The van der Waals surface area contributed by atoms with Crippen molar-refractivity contribution in [3.05, 3.63) is 71.8 Å². The summed E-state index contributed by atoms with van der Waals surface area (Å²) in [5, 5.41) is 3.90. The summed E-state index contributed by atoms with van der Waals surface area (Å²) in [6.07, 6.45) is 1.69. The quantitative estimate of drug-likeness (QED) is 0.561. The number of benzene rings is 2. The summed E-state index contributed by atoms with van der Waals surface area (Å²) >= 11 is 0. The van der Waals surface area contributed by atoms with E-state index in [-0.39, 0.29) is 0 Å². The minimum Gasteiger partial charge on any atom is -0.391 e. The minimum atomic E-state index is 0.496. The van der Waals surface area contributed by atoms with E-state index in [9.17, 15) is 0 Å². The van der Waals surface area contributed by atoms with E-state index in [1.54, 1.807) is 6.21 Å². The van der Waals surface area contributed by atoms with Crippen LogP contribution in [0.2, 0.25) is 0 Å². The van der Waals surface area contributed by atoms with E-state index in [1.807, 2.05) is 54.6 Å². The first-order valence-electron chi connectivity index (χ1n) is 5.10. The van der Waals surface area contributed by atoms with E-state index in [1.165, 1.54) is 0 Å². The van der Waals surface area contributed by atoms with Gasteiger partial charge in [0.05, 0.1) is 6.21 Å². The van der Waals surface area contributed by atoms with E-state index >= 15 is 0 Å². The van der Waals surface area contributed by atoms with E-state index in [2.05, 4.69) is 11.2 Å². The highest BCUT2D eigenvalue weighted by molar-refractivity contribution is 5.78. The number of rotatable bonds is 4. The smallest absolute Gasteiger partial charge is 0.142 e. The molecule has 2 nitrogen and oxygen atoms in total. The van der Waals surface area contributed by atoms with Gasteiger partial charge in [0.25, 0.3) is 0 Å². The van der Waals surface area contributed by atoms with Gasteiger partial charge in [-0.3, -0.25) is 0 Å². The van der Waals surface area contributed by atoms with Crippen molar-refractivity contribution in [2.45, 2.75) is 6.61 Å². The first-order valence-corrected chi connectivity index (χ1v) is 5.10. The van der Waals surface area contributed by atoms with Crippen molar-refractivity contribution in [2.75, 3.05) is 0 Å². The standard InChI is InChI=1S/C14H12NO/c1-3-7-13(8-4-1)11-15-16-12-14-9-5-2-6-10-14/h2-11H,12H2/b15-11+. The molecule has 0 aliphatic carbocycles. The molecule has 2 aromatic rings. The van der Waals surface area contributed by atoms with Crippen LogP contribution in [0.3, 0.4) is 0 Å². The molecule has 0 amide bonds. The molecular formula is C14H12NO. The van der Waals surface area contributed by atoms with Crippen molar-refractivity contribution in [3.63, 3.8) is 0 Å². The van der Waals surface area contributed by atoms with E-state index in [0.717, 1.165) is 11.1 Å². The lowest BCUT2D eigenvalue weighted by Gasteiger charge is -1.98. The first kappa shape index (κ1) is 10.4. The normalized spacial score (nSPS) is 10.5. The zero-order valence-corrected chi connectivity index (χ0v) is 8.84. The first-order chi connectivity index (χ1) is 7.95. The van der Waals surface area contributed by atoms with Crippen LogP contribution in [0.5, 0.6) is 0 Å². The van der Waals surface area contributed by atoms with Crippen LogP contribution < -0.4 is 0 Å². The average Bonchev–Trinajstić information content (AvgIpc) is 2.37. The molecule has 0 aliphatic heterocycles. The minimum absolute atomic E-state index is 0.496. The van der Waals surface area contributed by atoms with Gasteiger partial charge in [0, 0.05) is 0 Å². The zero-order valence-electron chi connectivity index (χ0n) is 8.84. The van der Waals surface area contributed by atoms with Crippen molar-refractivity contribution in [2.24, 2.45) is 5.16 Å². The monoisotopic (exact) mass is 210 g/mol. The highest BCUT2D eigenvalue weighted by Gasteiger charge is 1.89. The van der Waals surface area contributed by atoms with Gasteiger partial charge in [0.15, 0.2) is 0 Å². The van der Waals surface area contributed by atoms with Gasteiger partial charge in [-0.2, -0.15) is 0 Å². The summed E-state index contributed by atoms with van der Waals surface area (Å²) in [7, 11) is 0. The molecule has 0 atom stereocenters. The topological polar surface area (TPSA) is 21.6 Å². The van der Waals surface area contributed by atoms with Gasteiger partial charge < -0.3 is 4.84 Å². The Kier molecular flexibility index (Phi) is 3.72. The fraction of sp³-hybridized carbons (Fsp3) is 0.0714. The predicted molar refractivity (Wildman–Crippen MR) is 64.1 cm³/mol. The van der Waals surface area contributed by atoms with Gasteiger partial charge in [-0.05, 0) is 17.2 Å². The summed E-state index contributed by atoms with van der Waals surface area (Å²) < 4.78 is 0.